The lowest BCUT2D eigenvalue weighted by molar-refractivity contribution is 0.247. The third kappa shape index (κ3) is 5.71. The third-order valence-electron chi connectivity index (χ3n) is 3.69. The fourth-order valence-electron chi connectivity index (χ4n) is 2.69. The van der Waals surface area contributed by atoms with E-state index in [4.69, 9.17) is 9.47 Å². The van der Waals surface area contributed by atoms with Crippen LogP contribution in [0.2, 0.25) is 0 Å². The van der Waals surface area contributed by atoms with E-state index in [-0.39, 0.29) is 6.03 Å². The monoisotopic (exact) mass is 342 g/mol. The molecule has 0 saturated carbocycles. The Hall–Kier alpha value is -2.69. The first kappa shape index (κ1) is 18.6. The van der Waals surface area contributed by atoms with Gasteiger partial charge in [0.15, 0.2) is 0 Å². The van der Waals surface area contributed by atoms with E-state index >= 15 is 0 Å². The maximum atomic E-state index is 12.1. The summed E-state index contributed by atoms with van der Waals surface area (Å²) in [5.74, 6) is 1.49. The van der Waals surface area contributed by atoms with Gasteiger partial charge in [-0.25, -0.2) is 4.79 Å². The van der Waals surface area contributed by atoms with Crippen molar-refractivity contribution in [2.24, 2.45) is 0 Å². The van der Waals surface area contributed by atoms with Crippen LogP contribution in [0.25, 0.3) is 0 Å². The molecule has 0 radical (unpaired) electrons. The molecule has 0 heterocycles. The van der Waals surface area contributed by atoms with Crippen LogP contribution in [0.4, 0.5) is 10.5 Å². The van der Waals surface area contributed by atoms with Gasteiger partial charge in [0.25, 0.3) is 0 Å². The maximum Gasteiger partial charge on any atom is 0.319 e. The molecule has 0 saturated heterocycles. The summed E-state index contributed by atoms with van der Waals surface area (Å²) in [6, 6.07) is 11.3. The first-order chi connectivity index (χ1) is 12.0. The third-order valence-corrected chi connectivity index (χ3v) is 3.69. The number of urea groups is 1. The lowest BCUT2D eigenvalue weighted by Crippen LogP contribution is -2.32. The van der Waals surface area contributed by atoms with Gasteiger partial charge in [0, 0.05) is 11.8 Å². The molecule has 25 heavy (non-hydrogen) atoms. The lowest BCUT2D eigenvalue weighted by Gasteiger charge is -2.14. The Morgan fingerprint density at radius 2 is 1.64 bits per heavy atom. The number of anilines is 1. The van der Waals surface area contributed by atoms with Gasteiger partial charge in [-0.15, -0.1) is 0 Å². The largest absolute Gasteiger partial charge is 0.494 e. The maximum absolute atomic E-state index is 12.1. The topological polar surface area (TPSA) is 59.6 Å². The summed E-state index contributed by atoms with van der Waals surface area (Å²) in [6.07, 6.45) is 0. The molecule has 5 heteroatoms. The molecule has 0 fully saturated rings. The Morgan fingerprint density at radius 3 is 2.28 bits per heavy atom. The van der Waals surface area contributed by atoms with Crippen molar-refractivity contribution in [3.05, 3.63) is 53.1 Å². The molecule has 0 aromatic heterocycles. The number of amides is 2. The average Bonchev–Trinajstić information content (AvgIpc) is 2.56. The molecule has 0 unspecified atom stereocenters. The van der Waals surface area contributed by atoms with Crippen molar-refractivity contribution in [2.45, 2.75) is 27.7 Å². The van der Waals surface area contributed by atoms with E-state index in [1.54, 1.807) is 0 Å². The smallest absolute Gasteiger partial charge is 0.319 e. The van der Waals surface area contributed by atoms with Crippen molar-refractivity contribution in [1.29, 1.82) is 0 Å². The van der Waals surface area contributed by atoms with E-state index in [1.807, 2.05) is 52.0 Å². The standard InChI is InChI=1S/C20H26N2O3/c1-5-24-17-7-6-8-18(13-17)25-10-9-21-20(23)22-19-15(3)11-14(2)12-16(19)4/h6-8,11-13H,5,9-10H2,1-4H3,(H2,21,22,23). The molecular weight excluding hydrogens is 316 g/mol. The number of carbonyl (C=O) groups excluding carboxylic acids is 1. The highest BCUT2D eigenvalue weighted by atomic mass is 16.5. The van der Waals surface area contributed by atoms with Crippen LogP contribution in [0.15, 0.2) is 36.4 Å². The summed E-state index contributed by atoms with van der Waals surface area (Å²) < 4.78 is 11.1. The zero-order valence-electron chi connectivity index (χ0n) is 15.3. The summed E-state index contributed by atoms with van der Waals surface area (Å²) in [6.45, 7) is 9.37. The molecule has 5 nitrogen and oxygen atoms in total. The molecule has 134 valence electrons. The van der Waals surface area contributed by atoms with Crippen molar-refractivity contribution in [1.82, 2.24) is 5.32 Å². The van der Waals surface area contributed by atoms with E-state index in [2.05, 4.69) is 22.8 Å². The first-order valence-corrected chi connectivity index (χ1v) is 8.48. The van der Waals surface area contributed by atoms with Gasteiger partial charge >= 0.3 is 6.03 Å². The fraction of sp³-hybridized carbons (Fsp3) is 0.350. The van der Waals surface area contributed by atoms with Gasteiger partial charge in [-0.05, 0) is 51.0 Å². The molecule has 0 aliphatic rings. The number of carbonyl (C=O) groups is 1. The summed E-state index contributed by atoms with van der Waals surface area (Å²) in [4.78, 5) is 12.1. The molecule has 2 aromatic rings. The number of nitrogens with one attached hydrogen (secondary N) is 2. The molecule has 0 aliphatic heterocycles. The van der Waals surface area contributed by atoms with Gasteiger partial charge in [-0.1, -0.05) is 23.8 Å². The Labute approximate surface area is 149 Å². The Balaban J connectivity index is 1.78. The molecule has 0 atom stereocenters. The minimum atomic E-state index is -0.235. The Morgan fingerprint density at radius 1 is 1.00 bits per heavy atom. The van der Waals surface area contributed by atoms with Gasteiger partial charge < -0.3 is 20.1 Å². The van der Waals surface area contributed by atoms with Gasteiger partial charge in [0.05, 0.1) is 13.2 Å². The van der Waals surface area contributed by atoms with E-state index in [9.17, 15) is 4.79 Å². The molecule has 0 bridgehead atoms. The molecule has 0 spiro atoms. The minimum absolute atomic E-state index is 0.235. The number of hydrogen-bond donors (Lipinski definition) is 2. The van der Waals surface area contributed by atoms with Crippen LogP contribution in [-0.4, -0.2) is 25.8 Å². The van der Waals surface area contributed by atoms with Crippen LogP contribution in [0.3, 0.4) is 0 Å². The minimum Gasteiger partial charge on any atom is -0.494 e. The van der Waals surface area contributed by atoms with Crippen LogP contribution < -0.4 is 20.1 Å². The summed E-state index contributed by atoms with van der Waals surface area (Å²) >= 11 is 0. The zero-order chi connectivity index (χ0) is 18.2. The number of benzene rings is 2. The van der Waals surface area contributed by atoms with E-state index in [0.29, 0.717) is 19.8 Å². The fourth-order valence-corrected chi connectivity index (χ4v) is 2.69. The van der Waals surface area contributed by atoms with E-state index < -0.39 is 0 Å². The SMILES string of the molecule is CCOc1cccc(OCCNC(=O)Nc2c(C)cc(C)cc2C)c1. The van der Waals surface area contributed by atoms with Crippen molar-refractivity contribution in [3.63, 3.8) is 0 Å². The van der Waals surface area contributed by atoms with Crippen LogP contribution in [0.5, 0.6) is 11.5 Å². The van der Waals surface area contributed by atoms with Gasteiger partial charge in [-0.2, -0.15) is 0 Å². The predicted octanol–water partition coefficient (Wildman–Crippen LogP) is 4.21. The van der Waals surface area contributed by atoms with Gasteiger partial charge in [0.2, 0.25) is 0 Å². The van der Waals surface area contributed by atoms with Crippen molar-refractivity contribution in [3.8, 4) is 11.5 Å². The van der Waals surface area contributed by atoms with Crippen LogP contribution in [0.1, 0.15) is 23.6 Å². The summed E-state index contributed by atoms with van der Waals surface area (Å²) in [5, 5.41) is 5.71. The molecular formula is C20H26N2O3. The summed E-state index contributed by atoms with van der Waals surface area (Å²) in [7, 11) is 0. The van der Waals surface area contributed by atoms with E-state index in [1.165, 1.54) is 5.56 Å². The second-order valence-electron chi connectivity index (χ2n) is 5.91. The second kappa shape index (κ2) is 8.97. The van der Waals surface area contributed by atoms with Gasteiger partial charge in [0.1, 0.15) is 18.1 Å². The van der Waals surface area contributed by atoms with Crippen LogP contribution in [-0.2, 0) is 0 Å². The highest BCUT2D eigenvalue weighted by Crippen LogP contribution is 2.22. The Kier molecular flexibility index (Phi) is 6.69. The lowest BCUT2D eigenvalue weighted by atomic mass is 10.1. The highest BCUT2D eigenvalue weighted by molar-refractivity contribution is 5.91. The van der Waals surface area contributed by atoms with Crippen LogP contribution in [0, 0.1) is 20.8 Å². The Bertz CT molecular complexity index is 706. The van der Waals surface area contributed by atoms with Crippen molar-refractivity contribution in [2.75, 3.05) is 25.1 Å². The molecule has 2 aromatic carbocycles. The molecule has 2 N–H and O–H groups in total. The van der Waals surface area contributed by atoms with Crippen molar-refractivity contribution < 1.29 is 14.3 Å². The molecule has 0 aliphatic carbocycles. The zero-order valence-corrected chi connectivity index (χ0v) is 15.3. The van der Waals surface area contributed by atoms with Crippen LogP contribution >= 0.6 is 0 Å². The number of hydrogen-bond acceptors (Lipinski definition) is 3. The summed E-state index contributed by atoms with van der Waals surface area (Å²) in [5.41, 5.74) is 4.14. The highest BCUT2D eigenvalue weighted by Gasteiger charge is 2.07. The normalized spacial score (nSPS) is 10.2. The first-order valence-electron chi connectivity index (χ1n) is 8.48. The second-order valence-corrected chi connectivity index (χ2v) is 5.91. The molecule has 2 rings (SSSR count). The molecule has 2 amide bonds. The predicted molar refractivity (Wildman–Crippen MR) is 101 cm³/mol. The number of aryl methyl sites for hydroxylation is 3. The quantitative estimate of drug-likeness (QED) is 0.741. The number of rotatable bonds is 7. The number of ether oxygens (including phenoxy) is 2. The van der Waals surface area contributed by atoms with Crippen molar-refractivity contribution >= 4 is 11.7 Å². The van der Waals surface area contributed by atoms with E-state index in [0.717, 1.165) is 28.3 Å². The van der Waals surface area contributed by atoms with Gasteiger partial charge in [-0.3, -0.25) is 0 Å². The average molecular weight is 342 g/mol.